The monoisotopic (exact) mass is 386 g/mol. The molecule has 0 unspecified atom stereocenters. The normalized spacial score (nSPS) is 0. The van der Waals surface area contributed by atoms with Crippen molar-refractivity contribution in [1.82, 2.24) is 0 Å². The van der Waals surface area contributed by atoms with Crippen LogP contribution in [0.25, 0.3) is 0 Å². The molecule has 0 aromatic rings. The molecule has 0 rings (SSSR count). The van der Waals surface area contributed by atoms with Gasteiger partial charge >= 0.3 is 88.3 Å². The first-order valence-electron chi connectivity index (χ1n) is 0. The van der Waals surface area contributed by atoms with Crippen LogP contribution in [0.2, 0.25) is 0 Å². The van der Waals surface area contributed by atoms with Crippen LogP contribution in [0.1, 0.15) is 5.71 Å². The van der Waals surface area contributed by atoms with E-state index in [1.165, 1.54) is 0 Å². The Labute approximate surface area is 143 Å². The van der Waals surface area contributed by atoms with Crippen molar-refractivity contribution >= 4 is 88.3 Å². The molecule has 0 amide bonds. The molecule has 0 saturated carbocycles. The molecule has 0 aromatic carbocycles. The number of hydrogen-bond acceptors (Lipinski definition) is 0. The van der Waals surface area contributed by atoms with Gasteiger partial charge < -0.3 is 5.71 Å². The molecule has 0 aromatic heterocycles. The predicted octanol–water partition coefficient (Wildman–Crippen LogP) is -1.50. The van der Waals surface area contributed by atoms with Gasteiger partial charge in [-0.3, -0.25) is 0 Å². The van der Waals surface area contributed by atoms with E-state index in [1.54, 1.807) is 0 Å². The Kier molecular flexibility index (Phi) is 158. The largest absolute Gasteiger partial charge is 2.00 e. The van der Waals surface area contributed by atoms with Crippen molar-refractivity contribution < 1.29 is 58.1 Å². The molecular weight excluding hydrogens is 379 g/mol. The van der Waals surface area contributed by atoms with Gasteiger partial charge in [0.15, 0.2) is 0 Å². The van der Waals surface area contributed by atoms with Crippen molar-refractivity contribution in [2.24, 2.45) is 0 Å². The Bertz CT molecular complexity index is 20.5. The van der Waals surface area contributed by atoms with E-state index in [2.05, 4.69) is 0 Å². The fraction of sp³-hybridized carbons (Fsp3) is 0. The molecule has 0 spiro atoms. The van der Waals surface area contributed by atoms with E-state index in [-0.39, 0.29) is 146 Å². The van der Waals surface area contributed by atoms with E-state index in [0.717, 1.165) is 0 Å². The van der Waals surface area contributed by atoms with E-state index < -0.39 is 0 Å². The molecular formula is H7CoGaLaMgSr. The third kappa shape index (κ3) is 17.7. The third-order valence-corrected chi connectivity index (χ3v) is 0. The molecule has 0 N–H and O–H groups in total. The average Bonchev–Trinajstić information content (AvgIpc) is 0. The first kappa shape index (κ1) is 33.6. The summed E-state index contributed by atoms with van der Waals surface area (Å²) in [5, 5.41) is 0. The predicted molar refractivity (Wildman–Crippen MR) is 25.9 cm³/mol. The molecule has 0 bridgehead atoms. The smallest absolute Gasteiger partial charge is 1.00 e. The third-order valence-electron chi connectivity index (χ3n) is 0. The van der Waals surface area contributed by atoms with Gasteiger partial charge in [-0.25, -0.2) is 0 Å². The summed E-state index contributed by atoms with van der Waals surface area (Å²) in [6.07, 6.45) is 0. The van der Waals surface area contributed by atoms with Crippen LogP contribution in [0.3, 0.4) is 0 Å². The van der Waals surface area contributed by atoms with Gasteiger partial charge in [0.25, 0.3) is 0 Å². The van der Waals surface area contributed by atoms with E-state index in [1.807, 2.05) is 0 Å². The fourth-order valence-electron chi connectivity index (χ4n) is 0. The quantitative estimate of drug-likeness (QED) is 0.445. The van der Waals surface area contributed by atoms with Gasteiger partial charge in [-0.1, -0.05) is 0 Å². The van der Waals surface area contributed by atoms with Crippen molar-refractivity contribution in [2.75, 3.05) is 0 Å². The van der Waals surface area contributed by atoms with Crippen LogP contribution in [0.4, 0.5) is 0 Å². The van der Waals surface area contributed by atoms with Gasteiger partial charge in [-0.2, -0.15) is 0 Å². The van der Waals surface area contributed by atoms with Gasteiger partial charge in [0, 0.05) is 52.4 Å². The average molecular weight is 387 g/mol. The van der Waals surface area contributed by atoms with Gasteiger partial charge in [0.2, 0.25) is 0 Å². The minimum absolute atomic E-state index is 0. The maximum atomic E-state index is 0. The topological polar surface area (TPSA) is 0 Å². The molecule has 0 heterocycles. The Morgan fingerprint density at radius 1 is 1.20 bits per heavy atom. The van der Waals surface area contributed by atoms with E-state index in [0.29, 0.717) is 0 Å². The maximum absolute atomic E-state index is 0. The molecule has 0 aliphatic heterocycles. The first-order valence-corrected chi connectivity index (χ1v) is 0. The van der Waals surface area contributed by atoms with Gasteiger partial charge in [-0.05, 0) is 0 Å². The van der Waals surface area contributed by atoms with Crippen LogP contribution >= 0.6 is 0 Å². The summed E-state index contributed by atoms with van der Waals surface area (Å²) >= 11 is 0. The van der Waals surface area contributed by atoms with Gasteiger partial charge in [-0.15, -0.1) is 0 Å². The van der Waals surface area contributed by atoms with Crippen LogP contribution in [0.5, 0.6) is 0 Å². The van der Waals surface area contributed by atoms with Crippen molar-refractivity contribution in [3.05, 3.63) is 0 Å². The van der Waals surface area contributed by atoms with Crippen molar-refractivity contribution in [3.8, 4) is 0 Å². The standard InChI is InChI=1S/Co.Ga.La.Mg.Sr.7H/q;;;2*+2;;;;4*-1. The van der Waals surface area contributed by atoms with Crippen LogP contribution in [-0.2, 0) is 16.8 Å². The second-order valence-corrected chi connectivity index (χ2v) is 0. The summed E-state index contributed by atoms with van der Waals surface area (Å²) in [5.41, 5.74) is 0. The van der Waals surface area contributed by atoms with Gasteiger partial charge in [0.05, 0.1) is 0 Å². The summed E-state index contributed by atoms with van der Waals surface area (Å²) in [6, 6.07) is 0. The Morgan fingerprint density at radius 2 is 1.20 bits per heavy atom. The van der Waals surface area contributed by atoms with Crippen LogP contribution in [0, 0.1) is 35.6 Å². The molecule has 2 radical (unpaired) electrons. The zero-order valence-electron chi connectivity index (χ0n) is 6.32. The molecule has 26 valence electrons. The van der Waals surface area contributed by atoms with E-state index >= 15 is 0 Å². The maximum Gasteiger partial charge on any atom is 2.00 e. The molecule has 5 heteroatoms. The van der Waals surface area contributed by atoms with Crippen molar-refractivity contribution in [3.63, 3.8) is 0 Å². The number of hydrogen-bond donors (Lipinski definition) is 0. The summed E-state index contributed by atoms with van der Waals surface area (Å²) in [6.45, 7) is 0. The zero-order chi connectivity index (χ0) is 0. The Morgan fingerprint density at radius 3 is 1.20 bits per heavy atom. The second kappa shape index (κ2) is 23.5. The van der Waals surface area contributed by atoms with Crippen LogP contribution in [0.15, 0.2) is 0 Å². The zero-order valence-corrected chi connectivity index (χ0v) is 11.9. The fourth-order valence-corrected chi connectivity index (χ4v) is 0. The number of rotatable bonds is 0. The van der Waals surface area contributed by atoms with Crippen LogP contribution < -0.4 is 0 Å². The molecule has 0 saturated heterocycles. The molecule has 0 nitrogen and oxygen atoms in total. The summed E-state index contributed by atoms with van der Waals surface area (Å²) in [7, 11) is 0. The van der Waals surface area contributed by atoms with Crippen LogP contribution in [-0.4, -0.2) is 88.3 Å². The summed E-state index contributed by atoms with van der Waals surface area (Å²) in [5.74, 6) is 0. The summed E-state index contributed by atoms with van der Waals surface area (Å²) in [4.78, 5) is 0. The summed E-state index contributed by atoms with van der Waals surface area (Å²) < 4.78 is 0. The Hall–Kier alpha value is 4.58. The second-order valence-electron chi connectivity index (χ2n) is 0. The molecule has 0 fully saturated rings. The van der Waals surface area contributed by atoms with Crippen molar-refractivity contribution in [1.29, 1.82) is 0 Å². The molecule has 0 aliphatic rings. The Balaban J connectivity index is 0. The SMILES string of the molecule is [Co].[GaH3].[H-].[H-].[H-].[H-].[La].[Mg+2].[Sr+2]. The minimum Gasteiger partial charge on any atom is -1.00 e. The van der Waals surface area contributed by atoms with E-state index in [9.17, 15) is 0 Å². The minimum atomic E-state index is 0. The van der Waals surface area contributed by atoms with Crippen molar-refractivity contribution in [2.45, 2.75) is 0 Å². The molecule has 0 aliphatic carbocycles. The first-order chi connectivity index (χ1) is 0. The molecule has 0 atom stereocenters. The molecule has 5 heavy (non-hydrogen) atoms. The van der Waals surface area contributed by atoms with E-state index in [4.69, 9.17) is 0 Å². The van der Waals surface area contributed by atoms with Gasteiger partial charge in [0.1, 0.15) is 0 Å².